The zero-order valence-electron chi connectivity index (χ0n) is 8.57. The van der Waals surface area contributed by atoms with Crippen molar-refractivity contribution in [1.29, 1.82) is 0 Å². The van der Waals surface area contributed by atoms with Crippen molar-refractivity contribution in [3.8, 4) is 0 Å². The van der Waals surface area contributed by atoms with Crippen molar-refractivity contribution < 1.29 is 4.79 Å². The summed E-state index contributed by atoms with van der Waals surface area (Å²) < 4.78 is 0. The van der Waals surface area contributed by atoms with E-state index in [4.69, 9.17) is 0 Å². The Morgan fingerprint density at radius 3 is 3.33 bits per heavy atom. The van der Waals surface area contributed by atoms with Crippen LogP contribution in [0, 0.1) is 0 Å². The van der Waals surface area contributed by atoms with Crippen molar-refractivity contribution in [3.05, 3.63) is 42.2 Å². The molecule has 1 unspecified atom stereocenters. The second-order valence-electron chi connectivity index (χ2n) is 3.73. The van der Waals surface area contributed by atoms with E-state index in [1.165, 1.54) is 17.2 Å². The van der Waals surface area contributed by atoms with Gasteiger partial charge in [-0.3, -0.25) is 9.78 Å². The van der Waals surface area contributed by atoms with E-state index in [0.29, 0.717) is 0 Å². The molecule has 1 aliphatic carbocycles. The van der Waals surface area contributed by atoms with Gasteiger partial charge < -0.3 is 5.32 Å². The first-order chi connectivity index (χ1) is 7.31. The molecule has 3 nitrogen and oxygen atoms in total. The SMILES string of the molecule is C=CC(=O)NC1CCCc2cnccc21. The molecule has 15 heavy (non-hydrogen) atoms. The number of aromatic nitrogens is 1. The van der Waals surface area contributed by atoms with Crippen LogP contribution in [0.5, 0.6) is 0 Å². The average molecular weight is 202 g/mol. The Balaban J connectivity index is 2.22. The highest BCUT2D eigenvalue weighted by atomic mass is 16.1. The minimum Gasteiger partial charge on any atom is -0.346 e. The summed E-state index contributed by atoms with van der Waals surface area (Å²) in [6, 6.07) is 2.12. The van der Waals surface area contributed by atoms with Gasteiger partial charge in [-0.25, -0.2) is 0 Å². The highest BCUT2D eigenvalue weighted by molar-refractivity contribution is 5.87. The maximum Gasteiger partial charge on any atom is 0.243 e. The van der Waals surface area contributed by atoms with Crippen LogP contribution in [0.25, 0.3) is 0 Å². The molecule has 0 spiro atoms. The van der Waals surface area contributed by atoms with Crippen LogP contribution in [0.4, 0.5) is 0 Å². The predicted octanol–water partition coefficient (Wildman–Crippen LogP) is 1.76. The minimum atomic E-state index is -0.107. The second kappa shape index (κ2) is 4.26. The van der Waals surface area contributed by atoms with Crippen LogP contribution in [0.1, 0.15) is 30.0 Å². The maximum absolute atomic E-state index is 11.2. The molecule has 3 heteroatoms. The molecular weight excluding hydrogens is 188 g/mol. The number of nitrogens with zero attached hydrogens (tertiary/aromatic N) is 1. The molecule has 1 heterocycles. The zero-order valence-corrected chi connectivity index (χ0v) is 8.57. The van der Waals surface area contributed by atoms with E-state index in [1.54, 1.807) is 6.20 Å². The van der Waals surface area contributed by atoms with E-state index < -0.39 is 0 Å². The molecule has 0 aromatic carbocycles. The molecular formula is C12H14N2O. The number of pyridine rings is 1. The third-order valence-corrected chi connectivity index (χ3v) is 2.76. The lowest BCUT2D eigenvalue weighted by Gasteiger charge is -2.25. The number of carbonyl (C=O) groups excluding carboxylic acids is 1. The van der Waals surface area contributed by atoms with Crippen LogP contribution < -0.4 is 5.32 Å². The summed E-state index contributed by atoms with van der Waals surface area (Å²) in [6.07, 6.45) is 8.13. The molecule has 78 valence electrons. The number of aryl methyl sites for hydroxylation is 1. The van der Waals surface area contributed by atoms with Crippen molar-refractivity contribution in [2.24, 2.45) is 0 Å². The molecule has 0 aliphatic heterocycles. The Hall–Kier alpha value is -1.64. The van der Waals surface area contributed by atoms with Gasteiger partial charge >= 0.3 is 0 Å². The molecule has 2 rings (SSSR count). The highest BCUT2D eigenvalue weighted by Crippen LogP contribution is 2.28. The monoisotopic (exact) mass is 202 g/mol. The van der Waals surface area contributed by atoms with Gasteiger partial charge in [-0.15, -0.1) is 0 Å². The van der Waals surface area contributed by atoms with Crippen molar-refractivity contribution in [3.63, 3.8) is 0 Å². The summed E-state index contributed by atoms with van der Waals surface area (Å²) in [5.41, 5.74) is 2.45. The Kier molecular flexibility index (Phi) is 2.81. The third kappa shape index (κ3) is 2.06. The fraction of sp³-hybridized carbons (Fsp3) is 0.333. The van der Waals surface area contributed by atoms with Crippen LogP contribution in [0.2, 0.25) is 0 Å². The van der Waals surface area contributed by atoms with Crippen LogP contribution in [-0.4, -0.2) is 10.9 Å². The highest BCUT2D eigenvalue weighted by Gasteiger charge is 2.20. The minimum absolute atomic E-state index is 0.107. The Morgan fingerprint density at radius 2 is 2.53 bits per heavy atom. The maximum atomic E-state index is 11.2. The van der Waals surface area contributed by atoms with E-state index >= 15 is 0 Å². The molecule has 0 radical (unpaired) electrons. The van der Waals surface area contributed by atoms with Crippen LogP contribution in [0.15, 0.2) is 31.1 Å². The first kappa shape index (κ1) is 9.90. The first-order valence-electron chi connectivity index (χ1n) is 5.17. The molecule has 1 N–H and O–H groups in total. The number of hydrogen-bond donors (Lipinski definition) is 1. The molecule has 0 bridgehead atoms. The predicted molar refractivity (Wildman–Crippen MR) is 58.3 cm³/mol. The lowest BCUT2D eigenvalue weighted by atomic mass is 9.89. The number of fused-ring (bicyclic) bond motifs is 1. The normalized spacial score (nSPS) is 19.1. The number of nitrogens with one attached hydrogen (secondary N) is 1. The molecule has 1 atom stereocenters. The molecule has 1 aromatic heterocycles. The fourth-order valence-corrected chi connectivity index (χ4v) is 2.02. The van der Waals surface area contributed by atoms with Gasteiger partial charge in [-0.1, -0.05) is 6.58 Å². The quantitative estimate of drug-likeness (QED) is 0.742. The topological polar surface area (TPSA) is 42.0 Å². The standard InChI is InChI=1S/C12H14N2O/c1-2-12(15)14-11-5-3-4-9-8-13-7-6-10(9)11/h2,6-8,11H,1,3-5H2,(H,14,15). The zero-order chi connectivity index (χ0) is 10.7. The first-order valence-corrected chi connectivity index (χ1v) is 5.17. The van der Waals surface area contributed by atoms with Gasteiger partial charge in [-0.05, 0) is 42.5 Å². The number of carbonyl (C=O) groups is 1. The van der Waals surface area contributed by atoms with E-state index in [9.17, 15) is 4.79 Å². The largest absolute Gasteiger partial charge is 0.346 e. The summed E-state index contributed by atoms with van der Waals surface area (Å²) in [5.74, 6) is -0.107. The summed E-state index contributed by atoms with van der Waals surface area (Å²) in [6.45, 7) is 3.46. The van der Waals surface area contributed by atoms with Gasteiger partial charge in [0.1, 0.15) is 0 Å². The lowest BCUT2D eigenvalue weighted by Crippen LogP contribution is -2.29. The van der Waals surface area contributed by atoms with Gasteiger partial charge in [0, 0.05) is 12.4 Å². The molecule has 0 fully saturated rings. The van der Waals surface area contributed by atoms with E-state index in [0.717, 1.165) is 19.3 Å². The van der Waals surface area contributed by atoms with Crippen LogP contribution in [0.3, 0.4) is 0 Å². The fourth-order valence-electron chi connectivity index (χ4n) is 2.02. The Morgan fingerprint density at radius 1 is 1.67 bits per heavy atom. The number of hydrogen-bond acceptors (Lipinski definition) is 2. The second-order valence-corrected chi connectivity index (χ2v) is 3.73. The molecule has 0 saturated carbocycles. The van der Waals surface area contributed by atoms with Crippen LogP contribution >= 0.6 is 0 Å². The summed E-state index contributed by atoms with van der Waals surface area (Å²) in [5, 5.41) is 2.94. The van der Waals surface area contributed by atoms with Crippen LogP contribution in [-0.2, 0) is 11.2 Å². The van der Waals surface area contributed by atoms with E-state index in [-0.39, 0.29) is 11.9 Å². The number of rotatable bonds is 2. The molecule has 1 aliphatic rings. The Labute approximate surface area is 89.2 Å². The van der Waals surface area contributed by atoms with Gasteiger partial charge in [0.2, 0.25) is 5.91 Å². The van der Waals surface area contributed by atoms with Crippen molar-refractivity contribution >= 4 is 5.91 Å². The summed E-state index contributed by atoms with van der Waals surface area (Å²) in [4.78, 5) is 15.3. The van der Waals surface area contributed by atoms with Crippen molar-refractivity contribution in [2.45, 2.75) is 25.3 Å². The molecule has 1 aromatic rings. The van der Waals surface area contributed by atoms with Gasteiger partial charge in [0.15, 0.2) is 0 Å². The average Bonchev–Trinajstić information content (AvgIpc) is 2.29. The van der Waals surface area contributed by atoms with E-state index in [2.05, 4.69) is 16.9 Å². The van der Waals surface area contributed by atoms with E-state index in [1.807, 2.05) is 12.3 Å². The molecule has 1 amide bonds. The summed E-state index contributed by atoms with van der Waals surface area (Å²) >= 11 is 0. The smallest absolute Gasteiger partial charge is 0.243 e. The van der Waals surface area contributed by atoms with Gasteiger partial charge in [0.25, 0.3) is 0 Å². The number of amides is 1. The van der Waals surface area contributed by atoms with Crippen molar-refractivity contribution in [2.75, 3.05) is 0 Å². The van der Waals surface area contributed by atoms with Crippen molar-refractivity contribution in [1.82, 2.24) is 10.3 Å². The van der Waals surface area contributed by atoms with Gasteiger partial charge in [-0.2, -0.15) is 0 Å². The Bertz CT molecular complexity index is 387. The summed E-state index contributed by atoms with van der Waals surface area (Å²) in [7, 11) is 0. The third-order valence-electron chi connectivity index (χ3n) is 2.76. The lowest BCUT2D eigenvalue weighted by molar-refractivity contribution is -0.117. The van der Waals surface area contributed by atoms with Gasteiger partial charge in [0.05, 0.1) is 6.04 Å². The molecule has 0 saturated heterocycles.